The molecule has 5 heteroatoms. The molecular formula is C23H14Cl2N2O. The molecule has 0 aliphatic carbocycles. The number of halogens is 2. The zero-order valence-corrected chi connectivity index (χ0v) is 16.2. The Morgan fingerprint density at radius 1 is 0.607 bits per heavy atom. The van der Waals surface area contributed by atoms with Crippen LogP contribution >= 0.6 is 23.2 Å². The van der Waals surface area contributed by atoms with Gasteiger partial charge in [0.05, 0.1) is 11.4 Å². The van der Waals surface area contributed by atoms with Gasteiger partial charge in [0.25, 0.3) is 0 Å². The number of hydrogen-bond acceptors (Lipinski definition) is 3. The maximum Gasteiger partial charge on any atom is 0.197 e. The molecular weight excluding hydrogens is 391 g/mol. The molecule has 0 saturated carbocycles. The zero-order valence-electron chi connectivity index (χ0n) is 14.6. The Balaban J connectivity index is 1.82. The first kappa shape index (κ1) is 18.4. The van der Waals surface area contributed by atoms with Crippen LogP contribution in [0.5, 0.6) is 0 Å². The molecule has 2 aromatic heterocycles. The van der Waals surface area contributed by atoms with Gasteiger partial charge in [-0.25, -0.2) is 0 Å². The molecule has 2 aromatic carbocycles. The summed E-state index contributed by atoms with van der Waals surface area (Å²) in [7, 11) is 0. The van der Waals surface area contributed by atoms with Crippen molar-refractivity contribution < 1.29 is 4.79 Å². The SMILES string of the molecule is O=C(c1cccnc1-c1ccc(Cl)cc1)c1cccnc1-c1ccc(Cl)cc1. The molecule has 28 heavy (non-hydrogen) atoms. The monoisotopic (exact) mass is 404 g/mol. The molecule has 0 spiro atoms. The highest BCUT2D eigenvalue weighted by atomic mass is 35.5. The van der Waals surface area contributed by atoms with Crippen molar-refractivity contribution in [2.45, 2.75) is 0 Å². The highest BCUT2D eigenvalue weighted by molar-refractivity contribution is 6.31. The van der Waals surface area contributed by atoms with Gasteiger partial charge in [0.2, 0.25) is 0 Å². The number of nitrogens with zero attached hydrogens (tertiary/aromatic N) is 2. The molecule has 0 atom stereocenters. The van der Waals surface area contributed by atoms with Crippen molar-refractivity contribution in [1.29, 1.82) is 0 Å². The van der Waals surface area contributed by atoms with Crippen molar-refractivity contribution in [2.24, 2.45) is 0 Å². The van der Waals surface area contributed by atoms with Crippen LogP contribution in [0.25, 0.3) is 22.5 Å². The lowest BCUT2D eigenvalue weighted by molar-refractivity contribution is 0.103. The van der Waals surface area contributed by atoms with E-state index in [0.717, 1.165) is 11.1 Å². The van der Waals surface area contributed by atoms with Gasteiger partial charge in [-0.1, -0.05) is 47.5 Å². The summed E-state index contributed by atoms with van der Waals surface area (Å²) in [5, 5.41) is 1.26. The number of carbonyl (C=O) groups excluding carboxylic acids is 1. The quantitative estimate of drug-likeness (QED) is 0.372. The van der Waals surface area contributed by atoms with Gasteiger partial charge in [-0.2, -0.15) is 0 Å². The first-order chi connectivity index (χ1) is 13.6. The Bertz CT molecular complexity index is 1050. The number of carbonyl (C=O) groups is 1. The van der Waals surface area contributed by atoms with Gasteiger partial charge in [0, 0.05) is 44.7 Å². The number of ketones is 1. The van der Waals surface area contributed by atoms with E-state index in [1.807, 2.05) is 24.3 Å². The lowest BCUT2D eigenvalue weighted by atomic mass is 9.95. The number of aromatic nitrogens is 2. The van der Waals surface area contributed by atoms with E-state index in [-0.39, 0.29) is 5.78 Å². The zero-order chi connectivity index (χ0) is 19.5. The molecule has 0 radical (unpaired) electrons. The fourth-order valence-electron chi connectivity index (χ4n) is 3.00. The summed E-state index contributed by atoms with van der Waals surface area (Å²) in [5.74, 6) is -0.143. The summed E-state index contributed by atoms with van der Waals surface area (Å²) in [5.41, 5.74) is 3.88. The predicted octanol–water partition coefficient (Wildman–Crippen LogP) is 6.35. The highest BCUT2D eigenvalue weighted by Gasteiger charge is 2.20. The van der Waals surface area contributed by atoms with Crippen LogP contribution in [0.1, 0.15) is 15.9 Å². The molecule has 0 unspecified atom stereocenters. The van der Waals surface area contributed by atoms with Crippen LogP contribution in [0, 0.1) is 0 Å². The second-order valence-corrected chi connectivity index (χ2v) is 7.01. The van der Waals surface area contributed by atoms with E-state index < -0.39 is 0 Å². The molecule has 2 heterocycles. The number of benzene rings is 2. The van der Waals surface area contributed by atoms with E-state index in [2.05, 4.69) is 9.97 Å². The van der Waals surface area contributed by atoms with Gasteiger partial charge >= 0.3 is 0 Å². The van der Waals surface area contributed by atoms with Crippen LogP contribution < -0.4 is 0 Å². The molecule has 0 fully saturated rings. The van der Waals surface area contributed by atoms with E-state index in [1.165, 1.54) is 0 Å². The molecule has 4 aromatic rings. The number of rotatable bonds is 4. The van der Waals surface area contributed by atoms with E-state index in [4.69, 9.17) is 23.2 Å². The third-order valence-corrected chi connectivity index (χ3v) is 4.84. The standard InChI is InChI=1S/C23H14Cl2N2O/c24-17-9-5-15(6-10-17)21-19(3-1-13-26-21)23(28)20-4-2-14-27-22(20)16-7-11-18(25)12-8-16/h1-14H. The van der Waals surface area contributed by atoms with E-state index in [0.29, 0.717) is 32.6 Å². The lowest BCUT2D eigenvalue weighted by Crippen LogP contribution is -2.07. The van der Waals surface area contributed by atoms with Crippen molar-refractivity contribution in [3.05, 3.63) is 106 Å². The van der Waals surface area contributed by atoms with Crippen molar-refractivity contribution in [1.82, 2.24) is 9.97 Å². The largest absolute Gasteiger partial charge is 0.288 e. The molecule has 0 aliphatic rings. The molecule has 4 rings (SSSR count). The Morgan fingerprint density at radius 2 is 1.00 bits per heavy atom. The van der Waals surface area contributed by atoms with E-state index in [1.54, 1.807) is 60.9 Å². The summed E-state index contributed by atoms with van der Waals surface area (Å²) in [4.78, 5) is 22.3. The highest BCUT2D eigenvalue weighted by Crippen LogP contribution is 2.29. The average Bonchev–Trinajstić information content (AvgIpc) is 2.74. The van der Waals surface area contributed by atoms with Crippen molar-refractivity contribution >= 4 is 29.0 Å². The number of pyridine rings is 2. The molecule has 3 nitrogen and oxygen atoms in total. The van der Waals surface area contributed by atoms with Crippen LogP contribution in [-0.4, -0.2) is 15.8 Å². The van der Waals surface area contributed by atoms with Crippen LogP contribution in [0.4, 0.5) is 0 Å². The summed E-state index contributed by atoms with van der Waals surface area (Å²) in [6.45, 7) is 0. The van der Waals surface area contributed by atoms with Gasteiger partial charge in [-0.15, -0.1) is 0 Å². The van der Waals surface area contributed by atoms with Gasteiger partial charge < -0.3 is 0 Å². The fraction of sp³-hybridized carbons (Fsp3) is 0. The topological polar surface area (TPSA) is 42.9 Å². The summed E-state index contributed by atoms with van der Waals surface area (Å²) >= 11 is 12.0. The summed E-state index contributed by atoms with van der Waals surface area (Å²) in [6.07, 6.45) is 3.34. The molecule has 136 valence electrons. The first-order valence-corrected chi connectivity index (χ1v) is 9.36. The Kier molecular flexibility index (Phi) is 5.20. The fourth-order valence-corrected chi connectivity index (χ4v) is 3.25. The Morgan fingerprint density at radius 3 is 1.39 bits per heavy atom. The summed E-state index contributed by atoms with van der Waals surface area (Å²) < 4.78 is 0. The molecule has 0 saturated heterocycles. The van der Waals surface area contributed by atoms with Gasteiger partial charge in [-0.05, 0) is 48.5 Å². The van der Waals surface area contributed by atoms with Crippen LogP contribution in [-0.2, 0) is 0 Å². The third kappa shape index (κ3) is 3.68. The van der Waals surface area contributed by atoms with E-state index in [9.17, 15) is 4.79 Å². The maximum absolute atomic E-state index is 13.4. The van der Waals surface area contributed by atoms with Crippen LogP contribution in [0.3, 0.4) is 0 Å². The predicted molar refractivity (Wildman–Crippen MR) is 113 cm³/mol. The van der Waals surface area contributed by atoms with E-state index >= 15 is 0 Å². The van der Waals surface area contributed by atoms with Crippen molar-refractivity contribution in [3.8, 4) is 22.5 Å². The summed E-state index contributed by atoms with van der Waals surface area (Å²) in [6, 6.07) is 21.6. The number of hydrogen-bond donors (Lipinski definition) is 0. The molecule has 0 amide bonds. The van der Waals surface area contributed by atoms with Crippen molar-refractivity contribution in [3.63, 3.8) is 0 Å². The molecule has 0 aliphatic heterocycles. The average molecular weight is 405 g/mol. The molecule has 0 bridgehead atoms. The van der Waals surface area contributed by atoms with Crippen molar-refractivity contribution in [2.75, 3.05) is 0 Å². The Labute approximate surface area is 172 Å². The smallest absolute Gasteiger partial charge is 0.197 e. The molecule has 0 N–H and O–H groups in total. The van der Waals surface area contributed by atoms with Gasteiger partial charge in [0.15, 0.2) is 5.78 Å². The minimum atomic E-state index is -0.143. The minimum absolute atomic E-state index is 0.143. The van der Waals surface area contributed by atoms with Gasteiger partial charge in [-0.3, -0.25) is 14.8 Å². The maximum atomic E-state index is 13.4. The van der Waals surface area contributed by atoms with Gasteiger partial charge in [0.1, 0.15) is 0 Å². The Hall–Kier alpha value is -3.01. The minimum Gasteiger partial charge on any atom is -0.288 e. The lowest BCUT2D eigenvalue weighted by Gasteiger charge is -2.11. The second kappa shape index (κ2) is 7.93. The van der Waals surface area contributed by atoms with Crippen LogP contribution in [0.2, 0.25) is 10.0 Å². The van der Waals surface area contributed by atoms with Crippen LogP contribution in [0.15, 0.2) is 85.2 Å². The normalized spacial score (nSPS) is 10.6. The second-order valence-electron chi connectivity index (χ2n) is 6.14. The first-order valence-electron chi connectivity index (χ1n) is 8.60. The third-order valence-electron chi connectivity index (χ3n) is 4.34.